The minimum absolute atomic E-state index is 0.122. The molecule has 1 atom stereocenters. The van der Waals surface area contributed by atoms with E-state index in [4.69, 9.17) is 5.73 Å². The van der Waals surface area contributed by atoms with Crippen molar-refractivity contribution in [2.45, 2.75) is 44.8 Å². The molecule has 1 unspecified atom stereocenters. The SMILES string of the molecule is CC(C1CCC(N)CC1)C(F)(F)F. The predicted octanol–water partition coefficient (Wildman–Crippen LogP) is 2.70. The van der Waals surface area contributed by atoms with Gasteiger partial charge in [0.1, 0.15) is 0 Å². The summed E-state index contributed by atoms with van der Waals surface area (Å²) in [7, 11) is 0. The van der Waals surface area contributed by atoms with Crippen molar-refractivity contribution in [2.75, 3.05) is 0 Å². The Balaban J connectivity index is 2.45. The van der Waals surface area contributed by atoms with Crippen LogP contribution >= 0.6 is 0 Å². The van der Waals surface area contributed by atoms with E-state index in [9.17, 15) is 13.2 Å². The van der Waals surface area contributed by atoms with Crippen LogP contribution in [0.1, 0.15) is 32.6 Å². The van der Waals surface area contributed by atoms with Gasteiger partial charge in [0, 0.05) is 6.04 Å². The van der Waals surface area contributed by atoms with Gasteiger partial charge in [-0.3, -0.25) is 0 Å². The minimum atomic E-state index is -4.04. The Hall–Kier alpha value is -0.250. The van der Waals surface area contributed by atoms with E-state index in [1.165, 1.54) is 6.92 Å². The summed E-state index contributed by atoms with van der Waals surface area (Å²) < 4.78 is 36.9. The summed E-state index contributed by atoms with van der Waals surface area (Å²) in [5.41, 5.74) is 5.62. The van der Waals surface area contributed by atoms with Crippen LogP contribution in [0.15, 0.2) is 0 Å². The van der Waals surface area contributed by atoms with Crippen LogP contribution < -0.4 is 5.73 Å². The number of alkyl halides is 3. The molecule has 1 rings (SSSR count). The Morgan fingerprint density at radius 3 is 2.00 bits per heavy atom. The van der Waals surface area contributed by atoms with Crippen LogP contribution in [-0.2, 0) is 0 Å². The van der Waals surface area contributed by atoms with Gasteiger partial charge in [-0.25, -0.2) is 0 Å². The second kappa shape index (κ2) is 3.86. The van der Waals surface area contributed by atoms with Crippen molar-refractivity contribution in [2.24, 2.45) is 17.6 Å². The van der Waals surface area contributed by atoms with Gasteiger partial charge in [0.05, 0.1) is 5.92 Å². The second-order valence-corrected chi connectivity index (χ2v) is 4.01. The van der Waals surface area contributed by atoms with E-state index in [1.54, 1.807) is 0 Å². The summed E-state index contributed by atoms with van der Waals surface area (Å²) in [5.74, 6) is -1.38. The molecule has 0 saturated heterocycles. The van der Waals surface area contributed by atoms with Crippen molar-refractivity contribution < 1.29 is 13.2 Å². The molecule has 0 aromatic heterocycles. The maximum atomic E-state index is 12.3. The molecule has 1 aliphatic carbocycles. The zero-order chi connectivity index (χ0) is 10.1. The van der Waals surface area contributed by atoms with E-state index in [0.717, 1.165) is 12.8 Å². The molecule has 1 aliphatic rings. The van der Waals surface area contributed by atoms with Crippen LogP contribution in [0.2, 0.25) is 0 Å². The van der Waals surface area contributed by atoms with Gasteiger partial charge in [-0.1, -0.05) is 6.92 Å². The summed E-state index contributed by atoms with van der Waals surface area (Å²) in [5, 5.41) is 0. The molecular formula is C9H16F3N. The molecule has 13 heavy (non-hydrogen) atoms. The maximum Gasteiger partial charge on any atom is 0.391 e. The topological polar surface area (TPSA) is 26.0 Å². The van der Waals surface area contributed by atoms with E-state index in [0.29, 0.717) is 12.8 Å². The van der Waals surface area contributed by atoms with Gasteiger partial charge in [-0.15, -0.1) is 0 Å². The van der Waals surface area contributed by atoms with Gasteiger partial charge in [-0.2, -0.15) is 13.2 Å². The first kappa shape index (κ1) is 10.8. The number of nitrogens with two attached hydrogens (primary N) is 1. The highest BCUT2D eigenvalue weighted by molar-refractivity contribution is 4.80. The lowest BCUT2D eigenvalue weighted by atomic mass is 9.79. The van der Waals surface area contributed by atoms with Crippen molar-refractivity contribution in [1.29, 1.82) is 0 Å². The first-order valence-electron chi connectivity index (χ1n) is 4.73. The van der Waals surface area contributed by atoms with Crippen molar-refractivity contribution in [1.82, 2.24) is 0 Å². The monoisotopic (exact) mass is 195 g/mol. The van der Waals surface area contributed by atoms with E-state index in [-0.39, 0.29) is 12.0 Å². The Kier molecular flexibility index (Phi) is 3.22. The summed E-state index contributed by atoms with van der Waals surface area (Å²) in [6.07, 6.45) is -1.30. The van der Waals surface area contributed by atoms with Gasteiger partial charge in [0.15, 0.2) is 0 Å². The molecule has 0 amide bonds. The van der Waals surface area contributed by atoms with Crippen LogP contribution in [-0.4, -0.2) is 12.2 Å². The van der Waals surface area contributed by atoms with Crippen LogP contribution in [0, 0.1) is 11.8 Å². The first-order chi connectivity index (χ1) is 5.91. The lowest BCUT2D eigenvalue weighted by Gasteiger charge is -2.31. The lowest BCUT2D eigenvalue weighted by molar-refractivity contribution is -0.186. The van der Waals surface area contributed by atoms with Gasteiger partial charge >= 0.3 is 6.18 Å². The molecule has 0 aliphatic heterocycles. The van der Waals surface area contributed by atoms with Crippen molar-refractivity contribution in [3.05, 3.63) is 0 Å². The predicted molar refractivity (Wildman–Crippen MR) is 45.2 cm³/mol. The van der Waals surface area contributed by atoms with Gasteiger partial charge < -0.3 is 5.73 Å². The van der Waals surface area contributed by atoms with Crippen molar-refractivity contribution in [3.8, 4) is 0 Å². The Morgan fingerprint density at radius 1 is 1.15 bits per heavy atom. The summed E-state index contributed by atoms with van der Waals surface area (Å²) in [6.45, 7) is 1.28. The number of hydrogen-bond donors (Lipinski definition) is 1. The van der Waals surface area contributed by atoms with Crippen LogP contribution in [0.3, 0.4) is 0 Å². The lowest BCUT2D eigenvalue weighted by Crippen LogP contribution is -2.34. The van der Waals surface area contributed by atoms with Crippen LogP contribution in [0.25, 0.3) is 0 Å². The molecule has 0 radical (unpaired) electrons. The van der Waals surface area contributed by atoms with E-state index >= 15 is 0 Å². The minimum Gasteiger partial charge on any atom is -0.328 e. The van der Waals surface area contributed by atoms with Gasteiger partial charge in [0.2, 0.25) is 0 Å². The highest BCUT2D eigenvalue weighted by Crippen LogP contribution is 2.38. The fourth-order valence-corrected chi connectivity index (χ4v) is 1.91. The van der Waals surface area contributed by atoms with Gasteiger partial charge in [-0.05, 0) is 31.6 Å². The van der Waals surface area contributed by atoms with Gasteiger partial charge in [0.25, 0.3) is 0 Å². The third kappa shape index (κ3) is 2.86. The molecule has 0 heterocycles. The van der Waals surface area contributed by atoms with Crippen molar-refractivity contribution in [3.63, 3.8) is 0 Å². The molecule has 0 aromatic carbocycles. The highest BCUT2D eigenvalue weighted by atomic mass is 19.4. The zero-order valence-corrected chi connectivity index (χ0v) is 7.77. The first-order valence-corrected chi connectivity index (χ1v) is 4.73. The summed E-state index contributed by atoms with van der Waals surface area (Å²) in [6, 6.07) is 0.122. The van der Waals surface area contributed by atoms with Crippen LogP contribution in [0.5, 0.6) is 0 Å². The molecule has 0 bridgehead atoms. The number of halogens is 3. The average molecular weight is 195 g/mol. The van der Waals surface area contributed by atoms with E-state index in [2.05, 4.69) is 0 Å². The zero-order valence-electron chi connectivity index (χ0n) is 7.77. The average Bonchev–Trinajstić information content (AvgIpc) is 2.03. The molecular weight excluding hydrogens is 179 g/mol. The van der Waals surface area contributed by atoms with E-state index in [1.807, 2.05) is 0 Å². The third-order valence-corrected chi connectivity index (χ3v) is 3.04. The van der Waals surface area contributed by atoms with E-state index < -0.39 is 12.1 Å². The highest BCUT2D eigenvalue weighted by Gasteiger charge is 2.41. The fraction of sp³-hybridized carbons (Fsp3) is 1.00. The Bertz CT molecular complexity index is 159. The molecule has 1 saturated carbocycles. The molecule has 1 nitrogen and oxygen atoms in total. The largest absolute Gasteiger partial charge is 0.391 e. The summed E-state index contributed by atoms with van der Waals surface area (Å²) in [4.78, 5) is 0. The molecule has 78 valence electrons. The summed E-state index contributed by atoms with van der Waals surface area (Å²) >= 11 is 0. The third-order valence-electron chi connectivity index (χ3n) is 3.04. The molecule has 4 heteroatoms. The Morgan fingerprint density at radius 2 is 1.62 bits per heavy atom. The molecule has 1 fully saturated rings. The Labute approximate surface area is 76.5 Å². The normalized spacial score (nSPS) is 33.0. The number of rotatable bonds is 1. The standard InChI is InChI=1S/C9H16F3N/c1-6(9(10,11)12)7-2-4-8(13)5-3-7/h6-8H,2-5,13H2,1H3. The smallest absolute Gasteiger partial charge is 0.328 e. The number of hydrogen-bond acceptors (Lipinski definition) is 1. The molecule has 2 N–H and O–H groups in total. The second-order valence-electron chi connectivity index (χ2n) is 4.01. The van der Waals surface area contributed by atoms with Crippen molar-refractivity contribution >= 4 is 0 Å². The fourth-order valence-electron chi connectivity index (χ4n) is 1.91. The quantitative estimate of drug-likeness (QED) is 0.684. The molecule has 0 aromatic rings. The molecule has 0 spiro atoms. The maximum absolute atomic E-state index is 12.3. The van der Waals surface area contributed by atoms with Crippen LogP contribution in [0.4, 0.5) is 13.2 Å².